The Kier molecular flexibility index (Phi) is 4.80. The van der Waals surface area contributed by atoms with E-state index in [0.29, 0.717) is 23.1 Å². The van der Waals surface area contributed by atoms with Crippen molar-refractivity contribution in [3.05, 3.63) is 23.4 Å². The fraction of sp³-hybridized carbons (Fsp3) is 0.500. The first-order valence-electron chi connectivity index (χ1n) is 5.34. The normalized spacial score (nSPS) is 10.8. The van der Waals surface area contributed by atoms with E-state index in [9.17, 15) is 4.79 Å². The molecule has 0 bridgehead atoms. The first-order chi connectivity index (χ1) is 7.52. The summed E-state index contributed by atoms with van der Waals surface area (Å²) in [5.74, 6) is 2.49. The molecule has 3 nitrogen and oxygen atoms in total. The van der Waals surface area contributed by atoms with Gasteiger partial charge in [-0.3, -0.25) is 4.79 Å². The molecule has 0 aliphatic carbocycles. The summed E-state index contributed by atoms with van der Waals surface area (Å²) in [5.41, 5.74) is 7.20. The van der Waals surface area contributed by atoms with Crippen molar-refractivity contribution in [2.75, 3.05) is 17.2 Å². The van der Waals surface area contributed by atoms with Crippen LogP contribution in [0.15, 0.2) is 12.3 Å². The summed E-state index contributed by atoms with van der Waals surface area (Å²) < 4.78 is 0. The van der Waals surface area contributed by atoms with Gasteiger partial charge in [0.15, 0.2) is 5.78 Å². The Hall–Kier alpha value is -1.03. The van der Waals surface area contributed by atoms with Gasteiger partial charge in [0.25, 0.3) is 0 Å². The molecule has 0 aromatic carbocycles. The van der Waals surface area contributed by atoms with Crippen LogP contribution in [0.1, 0.15) is 29.8 Å². The lowest BCUT2D eigenvalue weighted by atomic mass is 10.1. The number of Topliss-reactive ketones (excluding diaryl/α,β-unsaturated/α-hetero) is 1. The largest absolute Gasteiger partial charge is 0.383 e. The predicted octanol–water partition coefficient (Wildman–Crippen LogP) is 2.54. The van der Waals surface area contributed by atoms with Crippen LogP contribution in [0.3, 0.4) is 0 Å². The number of thioether (sulfide) groups is 1. The molecule has 0 unspecified atom stereocenters. The van der Waals surface area contributed by atoms with E-state index in [2.05, 4.69) is 18.8 Å². The highest BCUT2D eigenvalue weighted by atomic mass is 32.2. The van der Waals surface area contributed by atoms with E-state index < -0.39 is 0 Å². The molecular formula is C12H18N2OS. The fourth-order valence-electron chi connectivity index (χ4n) is 1.40. The van der Waals surface area contributed by atoms with Gasteiger partial charge in [-0.15, -0.1) is 0 Å². The molecule has 0 aliphatic rings. The van der Waals surface area contributed by atoms with Crippen molar-refractivity contribution >= 4 is 23.4 Å². The molecule has 16 heavy (non-hydrogen) atoms. The van der Waals surface area contributed by atoms with Crippen molar-refractivity contribution in [1.82, 2.24) is 4.98 Å². The van der Waals surface area contributed by atoms with E-state index in [-0.39, 0.29) is 5.78 Å². The second-order valence-electron chi connectivity index (χ2n) is 4.22. The smallest absolute Gasteiger partial charge is 0.176 e. The van der Waals surface area contributed by atoms with Gasteiger partial charge in [-0.05, 0) is 30.2 Å². The number of aromatic nitrogens is 1. The number of rotatable bonds is 5. The molecule has 0 saturated heterocycles. The van der Waals surface area contributed by atoms with Crippen LogP contribution in [0.5, 0.6) is 0 Å². The quantitative estimate of drug-likeness (QED) is 0.801. The van der Waals surface area contributed by atoms with E-state index in [1.165, 1.54) is 0 Å². The molecule has 0 atom stereocenters. The van der Waals surface area contributed by atoms with Gasteiger partial charge in [-0.1, -0.05) is 13.8 Å². The molecule has 2 N–H and O–H groups in total. The van der Waals surface area contributed by atoms with Crippen LogP contribution in [0.4, 0.5) is 5.82 Å². The molecule has 0 fully saturated rings. The van der Waals surface area contributed by atoms with Gasteiger partial charge in [0, 0.05) is 6.20 Å². The van der Waals surface area contributed by atoms with E-state index in [4.69, 9.17) is 5.73 Å². The maximum Gasteiger partial charge on any atom is 0.176 e. The van der Waals surface area contributed by atoms with Crippen molar-refractivity contribution in [3.63, 3.8) is 0 Å². The van der Waals surface area contributed by atoms with Crippen LogP contribution in [-0.4, -0.2) is 22.3 Å². The second kappa shape index (κ2) is 5.89. The second-order valence-corrected chi connectivity index (χ2v) is 5.25. The summed E-state index contributed by atoms with van der Waals surface area (Å²) >= 11 is 1.65. The summed E-state index contributed by atoms with van der Waals surface area (Å²) in [6.45, 7) is 6.17. The van der Waals surface area contributed by atoms with E-state index in [1.54, 1.807) is 18.0 Å². The Balaban J connectivity index is 2.66. The maximum absolute atomic E-state index is 11.9. The topological polar surface area (TPSA) is 56.0 Å². The molecule has 0 radical (unpaired) electrons. The molecule has 0 amide bonds. The molecule has 0 saturated carbocycles. The van der Waals surface area contributed by atoms with Crippen molar-refractivity contribution in [2.24, 2.45) is 5.92 Å². The minimum absolute atomic E-state index is 0.0775. The molecule has 0 aliphatic heterocycles. The van der Waals surface area contributed by atoms with Gasteiger partial charge >= 0.3 is 0 Å². The maximum atomic E-state index is 11.9. The number of ketones is 1. The molecular weight excluding hydrogens is 220 g/mol. The lowest BCUT2D eigenvalue weighted by molar-refractivity contribution is 0.102. The Morgan fingerprint density at radius 2 is 2.25 bits per heavy atom. The Morgan fingerprint density at radius 3 is 2.81 bits per heavy atom. The SMILES string of the molecule is Cc1ccnc(N)c1C(=O)CSCC(C)C. The minimum atomic E-state index is 0.0775. The summed E-state index contributed by atoms with van der Waals surface area (Å²) in [6, 6.07) is 1.82. The van der Waals surface area contributed by atoms with Gasteiger partial charge in [0.1, 0.15) is 5.82 Å². The number of nitrogens with two attached hydrogens (primary N) is 1. The summed E-state index contributed by atoms with van der Waals surface area (Å²) in [4.78, 5) is 15.9. The van der Waals surface area contributed by atoms with Gasteiger partial charge in [0.2, 0.25) is 0 Å². The molecule has 1 rings (SSSR count). The molecule has 4 heteroatoms. The summed E-state index contributed by atoms with van der Waals surface area (Å²) in [6.07, 6.45) is 1.63. The zero-order chi connectivity index (χ0) is 12.1. The van der Waals surface area contributed by atoms with Crippen LogP contribution >= 0.6 is 11.8 Å². The summed E-state index contributed by atoms with van der Waals surface area (Å²) in [7, 11) is 0. The van der Waals surface area contributed by atoms with Gasteiger partial charge in [-0.2, -0.15) is 11.8 Å². The van der Waals surface area contributed by atoms with Crippen LogP contribution in [-0.2, 0) is 0 Å². The van der Waals surface area contributed by atoms with Gasteiger partial charge in [-0.25, -0.2) is 4.98 Å². The standard InChI is InChI=1S/C12H18N2OS/c1-8(2)6-16-7-10(15)11-9(3)4-5-14-12(11)13/h4-5,8H,6-7H2,1-3H3,(H2,13,14). The molecule has 1 heterocycles. The number of pyridine rings is 1. The lowest BCUT2D eigenvalue weighted by Crippen LogP contribution is -2.10. The van der Waals surface area contributed by atoms with Crippen LogP contribution in [0.25, 0.3) is 0 Å². The van der Waals surface area contributed by atoms with Crippen molar-refractivity contribution in [1.29, 1.82) is 0 Å². The summed E-state index contributed by atoms with van der Waals surface area (Å²) in [5, 5.41) is 0. The van der Waals surface area contributed by atoms with Gasteiger partial charge < -0.3 is 5.73 Å². The van der Waals surface area contributed by atoms with Crippen molar-refractivity contribution in [2.45, 2.75) is 20.8 Å². The molecule has 88 valence electrons. The molecule has 1 aromatic rings. The molecule has 1 aromatic heterocycles. The van der Waals surface area contributed by atoms with Crippen molar-refractivity contribution < 1.29 is 4.79 Å². The van der Waals surface area contributed by atoms with Crippen LogP contribution in [0, 0.1) is 12.8 Å². The predicted molar refractivity (Wildman–Crippen MR) is 69.9 cm³/mol. The van der Waals surface area contributed by atoms with Gasteiger partial charge in [0.05, 0.1) is 11.3 Å². The van der Waals surface area contributed by atoms with Crippen LogP contribution < -0.4 is 5.73 Å². The highest BCUT2D eigenvalue weighted by Crippen LogP contribution is 2.17. The Morgan fingerprint density at radius 1 is 1.56 bits per heavy atom. The Labute approximate surface area is 101 Å². The highest BCUT2D eigenvalue weighted by Gasteiger charge is 2.13. The first kappa shape index (κ1) is 13.0. The third-order valence-corrected chi connectivity index (χ3v) is 3.52. The number of carbonyl (C=O) groups excluding carboxylic acids is 1. The van der Waals surface area contributed by atoms with E-state index in [1.807, 2.05) is 13.0 Å². The van der Waals surface area contributed by atoms with Crippen LogP contribution in [0.2, 0.25) is 0 Å². The first-order valence-corrected chi connectivity index (χ1v) is 6.50. The number of hydrogen-bond donors (Lipinski definition) is 1. The lowest BCUT2D eigenvalue weighted by Gasteiger charge is -2.08. The number of anilines is 1. The number of nitrogens with zero attached hydrogens (tertiary/aromatic N) is 1. The fourth-order valence-corrected chi connectivity index (χ4v) is 2.32. The van der Waals surface area contributed by atoms with Crippen molar-refractivity contribution in [3.8, 4) is 0 Å². The average Bonchev–Trinajstić information content (AvgIpc) is 2.16. The monoisotopic (exact) mass is 238 g/mol. The number of aryl methyl sites for hydroxylation is 1. The molecule has 0 spiro atoms. The third-order valence-electron chi connectivity index (χ3n) is 2.15. The number of hydrogen-bond acceptors (Lipinski definition) is 4. The number of nitrogen functional groups attached to an aromatic ring is 1. The zero-order valence-electron chi connectivity index (χ0n) is 9.99. The highest BCUT2D eigenvalue weighted by molar-refractivity contribution is 7.99. The van der Waals surface area contributed by atoms with E-state index in [0.717, 1.165) is 11.3 Å². The van der Waals surface area contributed by atoms with E-state index >= 15 is 0 Å². The minimum Gasteiger partial charge on any atom is -0.383 e. The third kappa shape index (κ3) is 3.52. The number of carbonyl (C=O) groups is 1. The zero-order valence-corrected chi connectivity index (χ0v) is 10.8. The average molecular weight is 238 g/mol. The Bertz CT molecular complexity index is 357.